The van der Waals surface area contributed by atoms with Gasteiger partial charge >= 0.3 is 0 Å². The highest BCUT2D eigenvalue weighted by molar-refractivity contribution is 5.99. The second-order valence-corrected chi connectivity index (χ2v) is 5.89. The molecule has 0 saturated carbocycles. The van der Waals surface area contributed by atoms with Gasteiger partial charge in [-0.25, -0.2) is 0 Å². The number of nitrogens with zero attached hydrogens (tertiary/aromatic N) is 1. The number of nitrogens with one attached hydrogen (secondary N) is 1. The quantitative estimate of drug-likeness (QED) is 0.561. The summed E-state index contributed by atoms with van der Waals surface area (Å²) in [5, 5.41) is 3.28. The lowest BCUT2D eigenvalue weighted by Gasteiger charge is -2.15. The average molecular weight is 292 g/mol. The molecule has 0 aliphatic carbocycles. The second kappa shape index (κ2) is 8.80. The van der Waals surface area contributed by atoms with Crippen molar-refractivity contribution < 1.29 is 9.53 Å². The SMILES string of the molecule is CC(C)Oc1ccc(C(=O)C(C)NCCCN(C)C)cc1. The van der Waals surface area contributed by atoms with E-state index < -0.39 is 0 Å². The van der Waals surface area contributed by atoms with Crippen LogP contribution in [0, 0.1) is 0 Å². The third-order valence-electron chi connectivity index (χ3n) is 3.14. The van der Waals surface area contributed by atoms with Gasteiger partial charge in [0.15, 0.2) is 5.78 Å². The third-order valence-corrected chi connectivity index (χ3v) is 3.14. The van der Waals surface area contributed by atoms with Crippen LogP contribution in [0.5, 0.6) is 5.75 Å². The molecule has 1 rings (SSSR count). The molecule has 21 heavy (non-hydrogen) atoms. The van der Waals surface area contributed by atoms with Crippen molar-refractivity contribution in [2.45, 2.75) is 39.3 Å². The van der Waals surface area contributed by atoms with E-state index in [1.807, 2.05) is 45.0 Å². The summed E-state index contributed by atoms with van der Waals surface area (Å²) >= 11 is 0. The number of hydrogen-bond donors (Lipinski definition) is 1. The average Bonchev–Trinajstić information content (AvgIpc) is 2.42. The van der Waals surface area contributed by atoms with Crippen LogP contribution in [0.3, 0.4) is 0 Å². The van der Waals surface area contributed by atoms with Crippen LogP contribution in [0.15, 0.2) is 24.3 Å². The molecule has 4 nitrogen and oxygen atoms in total. The summed E-state index contributed by atoms with van der Waals surface area (Å²) in [6.07, 6.45) is 1.18. The molecular weight excluding hydrogens is 264 g/mol. The van der Waals surface area contributed by atoms with E-state index >= 15 is 0 Å². The molecule has 1 aromatic rings. The van der Waals surface area contributed by atoms with Gasteiger partial charge in [-0.2, -0.15) is 0 Å². The van der Waals surface area contributed by atoms with E-state index in [9.17, 15) is 4.79 Å². The third kappa shape index (κ3) is 6.74. The lowest BCUT2D eigenvalue weighted by molar-refractivity contribution is 0.0950. The van der Waals surface area contributed by atoms with E-state index in [1.54, 1.807) is 0 Å². The number of carbonyl (C=O) groups excluding carboxylic acids is 1. The Hall–Kier alpha value is -1.39. The Balaban J connectivity index is 2.46. The minimum atomic E-state index is -0.163. The smallest absolute Gasteiger partial charge is 0.179 e. The van der Waals surface area contributed by atoms with Crippen molar-refractivity contribution in [1.29, 1.82) is 0 Å². The number of rotatable bonds is 9. The number of ketones is 1. The van der Waals surface area contributed by atoms with Crippen molar-refractivity contribution >= 4 is 5.78 Å². The fraction of sp³-hybridized carbons (Fsp3) is 0.588. The highest BCUT2D eigenvalue weighted by Crippen LogP contribution is 2.15. The number of carbonyl (C=O) groups is 1. The summed E-state index contributed by atoms with van der Waals surface area (Å²) in [7, 11) is 4.10. The largest absolute Gasteiger partial charge is 0.491 e. The van der Waals surface area contributed by atoms with Crippen LogP contribution in [0.2, 0.25) is 0 Å². The zero-order valence-electron chi connectivity index (χ0n) is 13.8. The molecule has 0 aromatic heterocycles. The van der Waals surface area contributed by atoms with Crippen molar-refractivity contribution in [3.63, 3.8) is 0 Å². The van der Waals surface area contributed by atoms with E-state index in [-0.39, 0.29) is 17.9 Å². The predicted octanol–water partition coefficient (Wildman–Crippen LogP) is 2.59. The number of Topliss-reactive ketones (excluding diaryl/α,β-unsaturated/α-hetero) is 1. The molecule has 4 heteroatoms. The standard InChI is InChI=1S/C17H28N2O2/c1-13(2)21-16-9-7-15(8-10-16)17(20)14(3)18-11-6-12-19(4)5/h7-10,13-14,18H,6,11-12H2,1-5H3. The molecule has 1 aromatic carbocycles. The summed E-state index contributed by atoms with van der Waals surface area (Å²) in [5.41, 5.74) is 0.721. The summed E-state index contributed by atoms with van der Waals surface area (Å²) < 4.78 is 5.58. The first-order valence-corrected chi connectivity index (χ1v) is 7.59. The molecule has 1 unspecified atom stereocenters. The molecule has 118 valence electrons. The fourth-order valence-electron chi connectivity index (χ4n) is 2.03. The van der Waals surface area contributed by atoms with Crippen molar-refractivity contribution in [2.75, 3.05) is 27.2 Å². The van der Waals surface area contributed by atoms with Gasteiger partial charge in [0, 0.05) is 5.56 Å². The Morgan fingerprint density at radius 3 is 2.33 bits per heavy atom. The van der Waals surface area contributed by atoms with Gasteiger partial charge in [0.05, 0.1) is 12.1 Å². The van der Waals surface area contributed by atoms with Crippen molar-refractivity contribution in [3.8, 4) is 5.75 Å². The minimum absolute atomic E-state index is 0.121. The van der Waals surface area contributed by atoms with Crippen LogP contribution in [-0.2, 0) is 0 Å². The molecule has 0 radical (unpaired) electrons. The van der Waals surface area contributed by atoms with Crippen LogP contribution in [0.25, 0.3) is 0 Å². The van der Waals surface area contributed by atoms with Crippen LogP contribution in [0.1, 0.15) is 37.6 Å². The first kappa shape index (κ1) is 17.7. The van der Waals surface area contributed by atoms with Gasteiger partial charge in [-0.15, -0.1) is 0 Å². The van der Waals surface area contributed by atoms with Crippen LogP contribution >= 0.6 is 0 Å². The Morgan fingerprint density at radius 2 is 1.81 bits per heavy atom. The zero-order chi connectivity index (χ0) is 15.8. The maximum Gasteiger partial charge on any atom is 0.179 e. The lowest BCUT2D eigenvalue weighted by atomic mass is 10.1. The Kier molecular flexibility index (Phi) is 7.40. The maximum atomic E-state index is 12.3. The summed E-state index contributed by atoms with van der Waals surface area (Å²) in [6.45, 7) is 7.75. The van der Waals surface area contributed by atoms with E-state index in [0.29, 0.717) is 0 Å². The number of benzene rings is 1. The molecule has 0 aliphatic heterocycles. The molecule has 1 atom stereocenters. The highest BCUT2D eigenvalue weighted by Gasteiger charge is 2.14. The Labute approximate surface area is 128 Å². The van der Waals surface area contributed by atoms with Gasteiger partial charge in [-0.1, -0.05) is 0 Å². The summed E-state index contributed by atoms with van der Waals surface area (Å²) in [5.74, 6) is 0.920. The second-order valence-electron chi connectivity index (χ2n) is 5.89. The van der Waals surface area contributed by atoms with Crippen LogP contribution in [0.4, 0.5) is 0 Å². The first-order valence-electron chi connectivity index (χ1n) is 7.59. The first-order chi connectivity index (χ1) is 9.90. The Bertz CT molecular complexity index is 427. The van der Waals surface area contributed by atoms with E-state index in [4.69, 9.17) is 4.74 Å². The number of ether oxygens (including phenoxy) is 1. The van der Waals surface area contributed by atoms with Gasteiger partial charge in [-0.3, -0.25) is 4.79 Å². The van der Waals surface area contributed by atoms with Gasteiger partial charge in [0.25, 0.3) is 0 Å². The Morgan fingerprint density at radius 1 is 1.19 bits per heavy atom. The lowest BCUT2D eigenvalue weighted by Crippen LogP contribution is -2.35. The molecule has 0 saturated heterocycles. The molecule has 0 amide bonds. The van der Waals surface area contributed by atoms with Crippen LogP contribution in [-0.4, -0.2) is 50.0 Å². The van der Waals surface area contributed by atoms with Gasteiger partial charge in [0.2, 0.25) is 0 Å². The topological polar surface area (TPSA) is 41.6 Å². The normalized spacial score (nSPS) is 12.7. The van der Waals surface area contributed by atoms with Crippen molar-refractivity contribution in [2.24, 2.45) is 0 Å². The van der Waals surface area contributed by atoms with E-state index in [0.717, 1.165) is 30.8 Å². The predicted molar refractivity (Wildman–Crippen MR) is 87.2 cm³/mol. The van der Waals surface area contributed by atoms with Crippen molar-refractivity contribution in [1.82, 2.24) is 10.2 Å². The monoisotopic (exact) mass is 292 g/mol. The van der Waals surface area contributed by atoms with Gasteiger partial charge < -0.3 is 15.0 Å². The molecule has 0 bridgehead atoms. The van der Waals surface area contributed by atoms with Crippen LogP contribution < -0.4 is 10.1 Å². The molecule has 0 heterocycles. The molecule has 1 N–H and O–H groups in total. The van der Waals surface area contributed by atoms with Gasteiger partial charge in [-0.05, 0) is 78.6 Å². The minimum Gasteiger partial charge on any atom is -0.491 e. The highest BCUT2D eigenvalue weighted by atomic mass is 16.5. The number of hydrogen-bond acceptors (Lipinski definition) is 4. The molecular formula is C17H28N2O2. The maximum absolute atomic E-state index is 12.3. The van der Waals surface area contributed by atoms with Crippen molar-refractivity contribution in [3.05, 3.63) is 29.8 Å². The van der Waals surface area contributed by atoms with Gasteiger partial charge in [0.1, 0.15) is 5.75 Å². The summed E-state index contributed by atoms with van der Waals surface area (Å²) in [4.78, 5) is 14.4. The summed E-state index contributed by atoms with van der Waals surface area (Å²) in [6, 6.07) is 7.21. The van der Waals surface area contributed by atoms with E-state index in [2.05, 4.69) is 24.3 Å². The molecule has 0 fully saturated rings. The van der Waals surface area contributed by atoms with E-state index in [1.165, 1.54) is 0 Å². The molecule has 0 spiro atoms. The fourth-order valence-corrected chi connectivity index (χ4v) is 2.03. The zero-order valence-corrected chi connectivity index (χ0v) is 13.8. The molecule has 0 aliphatic rings.